The van der Waals surface area contributed by atoms with Crippen molar-refractivity contribution in [1.29, 1.82) is 0 Å². The molecule has 31 heavy (non-hydrogen) atoms. The quantitative estimate of drug-likeness (QED) is 0.567. The van der Waals surface area contributed by atoms with Crippen LogP contribution >= 0.6 is 0 Å². The molecule has 1 amide bonds. The van der Waals surface area contributed by atoms with Crippen molar-refractivity contribution >= 4 is 33.4 Å². The Labute approximate surface area is 182 Å². The van der Waals surface area contributed by atoms with Crippen LogP contribution in [0.1, 0.15) is 28.1 Å². The molecule has 0 aliphatic heterocycles. The molecular formula is C23H26N4O3S. The lowest BCUT2D eigenvalue weighted by molar-refractivity contribution is -0.111. The fraction of sp³-hybridized carbons (Fsp3) is 0.217. The predicted octanol–water partition coefficient (Wildman–Crippen LogP) is 4.11. The molecule has 0 atom stereocenters. The second-order valence-corrected chi connectivity index (χ2v) is 9.14. The second kappa shape index (κ2) is 8.77. The van der Waals surface area contributed by atoms with Gasteiger partial charge in [0.1, 0.15) is 0 Å². The Bertz CT molecular complexity index is 1270. The first-order chi connectivity index (χ1) is 14.6. The van der Waals surface area contributed by atoms with E-state index in [0.29, 0.717) is 16.9 Å². The first-order valence-electron chi connectivity index (χ1n) is 9.76. The first kappa shape index (κ1) is 22.3. The second-order valence-electron chi connectivity index (χ2n) is 7.49. The van der Waals surface area contributed by atoms with Crippen molar-refractivity contribution in [2.45, 2.75) is 32.6 Å². The van der Waals surface area contributed by atoms with Gasteiger partial charge in [0.05, 0.1) is 10.6 Å². The monoisotopic (exact) mass is 438 g/mol. The predicted molar refractivity (Wildman–Crippen MR) is 124 cm³/mol. The molecule has 0 bridgehead atoms. The van der Waals surface area contributed by atoms with E-state index in [-0.39, 0.29) is 10.8 Å². The largest absolute Gasteiger partial charge is 0.322 e. The molecular weight excluding hydrogens is 412 g/mol. The Hall–Kier alpha value is -3.39. The molecule has 3 aromatic rings. The number of amides is 1. The molecule has 1 heterocycles. The van der Waals surface area contributed by atoms with Crippen LogP contribution in [0.15, 0.2) is 53.4 Å². The van der Waals surface area contributed by atoms with Crippen LogP contribution in [0.3, 0.4) is 0 Å². The van der Waals surface area contributed by atoms with Crippen LogP contribution in [-0.2, 0) is 21.9 Å². The summed E-state index contributed by atoms with van der Waals surface area (Å²) in [6, 6.07) is 11.9. The number of aryl methyl sites for hydroxylation is 4. The topological polar surface area (TPSA) is 93.1 Å². The van der Waals surface area contributed by atoms with Gasteiger partial charge >= 0.3 is 0 Å². The number of sulfonamides is 1. The van der Waals surface area contributed by atoms with Gasteiger partial charge in [0.2, 0.25) is 5.91 Å². The molecule has 0 saturated heterocycles. The van der Waals surface area contributed by atoms with Gasteiger partial charge < -0.3 is 5.32 Å². The van der Waals surface area contributed by atoms with E-state index in [2.05, 4.69) is 15.1 Å². The van der Waals surface area contributed by atoms with Crippen molar-refractivity contribution in [3.05, 3.63) is 76.6 Å². The minimum atomic E-state index is -3.81. The maximum atomic E-state index is 12.9. The van der Waals surface area contributed by atoms with Gasteiger partial charge in [0.25, 0.3) is 10.0 Å². The lowest BCUT2D eigenvalue weighted by Crippen LogP contribution is -2.15. The van der Waals surface area contributed by atoms with Gasteiger partial charge in [-0.1, -0.05) is 18.2 Å². The van der Waals surface area contributed by atoms with Crippen LogP contribution in [0, 0.1) is 27.7 Å². The van der Waals surface area contributed by atoms with Crippen molar-refractivity contribution in [2.24, 2.45) is 7.05 Å². The molecule has 8 heteroatoms. The summed E-state index contributed by atoms with van der Waals surface area (Å²) in [6.45, 7) is 7.41. The number of hydrogen-bond donors (Lipinski definition) is 2. The summed E-state index contributed by atoms with van der Waals surface area (Å²) in [5.41, 5.74) is 5.07. The Morgan fingerprint density at radius 2 is 1.77 bits per heavy atom. The number of benzene rings is 2. The van der Waals surface area contributed by atoms with Crippen molar-refractivity contribution in [3.8, 4) is 0 Å². The van der Waals surface area contributed by atoms with Gasteiger partial charge in [-0.2, -0.15) is 5.10 Å². The summed E-state index contributed by atoms with van der Waals surface area (Å²) in [5.74, 6) is -0.360. The van der Waals surface area contributed by atoms with Crippen LogP contribution in [-0.4, -0.2) is 24.1 Å². The van der Waals surface area contributed by atoms with Gasteiger partial charge in [0, 0.05) is 35.8 Å². The summed E-state index contributed by atoms with van der Waals surface area (Å²) >= 11 is 0. The molecule has 0 fully saturated rings. The average molecular weight is 439 g/mol. The van der Waals surface area contributed by atoms with E-state index in [9.17, 15) is 13.2 Å². The van der Waals surface area contributed by atoms with E-state index in [4.69, 9.17) is 0 Å². The highest BCUT2D eigenvalue weighted by atomic mass is 32.2. The molecule has 0 spiro atoms. The third kappa shape index (κ3) is 5.21. The minimum Gasteiger partial charge on any atom is -0.322 e. The molecule has 7 nitrogen and oxygen atoms in total. The standard InChI is InChI=1S/C23H26N4O3S/c1-15-7-6-8-20(13-15)26-31(29,30)22-14-19(10-9-16(22)2)24-23(28)12-11-21-17(3)25-27(5)18(21)4/h6-14,26H,1-5H3,(H,24,28). The minimum absolute atomic E-state index is 0.106. The van der Waals surface area contributed by atoms with E-state index >= 15 is 0 Å². The lowest BCUT2D eigenvalue weighted by atomic mass is 10.2. The summed E-state index contributed by atoms with van der Waals surface area (Å²) in [6.07, 6.45) is 3.12. The van der Waals surface area contributed by atoms with Crippen LogP contribution < -0.4 is 10.0 Å². The SMILES string of the molecule is Cc1cccc(NS(=O)(=O)c2cc(NC(=O)C=Cc3c(C)nn(C)c3C)ccc2C)c1. The molecule has 2 N–H and O–H groups in total. The van der Waals surface area contributed by atoms with Crippen molar-refractivity contribution in [3.63, 3.8) is 0 Å². The number of nitrogens with one attached hydrogen (secondary N) is 2. The van der Waals surface area contributed by atoms with E-state index in [1.54, 1.807) is 48.0 Å². The number of aromatic nitrogens is 2. The molecule has 0 unspecified atom stereocenters. The zero-order valence-electron chi connectivity index (χ0n) is 18.2. The number of rotatable bonds is 6. The highest BCUT2D eigenvalue weighted by molar-refractivity contribution is 7.92. The van der Waals surface area contributed by atoms with Gasteiger partial charge in [-0.15, -0.1) is 0 Å². The zero-order valence-corrected chi connectivity index (χ0v) is 19.0. The summed E-state index contributed by atoms with van der Waals surface area (Å²) in [4.78, 5) is 12.5. The molecule has 0 aliphatic carbocycles. The smallest absolute Gasteiger partial charge is 0.262 e. The highest BCUT2D eigenvalue weighted by Crippen LogP contribution is 2.23. The normalized spacial score (nSPS) is 11.6. The summed E-state index contributed by atoms with van der Waals surface area (Å²) in [7, 11) is -1.97. The number of hydrogen-bond acceptors (Lipinski definition) is 4. The average Bonchev–Trinajstić information content (AvgIpc) is 2.92. The molecule has 0 radical (unpaired) electrons. The van der Waals surface area contributed by atoms with Crippen molar-refractivity contribution in [2.75, 3.05) is 10.0 Å². The first-order valence-corrected chi connectivity index (χ1v) is 11.2. The molecule has 162 valence electrons. The summed E-state index contributed by atoms with van der Waals surface area (Å²) in [5, 5.41) is 7.05. The summed E-state index contributed by atoms with van der Waals surface area (Å²) < 4.78 is 30.2. The number of nitrogens with zero attached hydrogens (tertiary/aromatic N) is 2. The molecule has 0 aliphatic rings. The Kier molecular flexibility index (Phi) is 6.31. The van der Waals surface area contributed by atoms with Gasteiger partial charge in [0.15, 0.2) is 0 Å². The van der Waals surface area contributed by atoms with Crippen molar-refractivity contribution in [1.82, 2.24) is 9.78 Å². The maximum Gasteiger partial charge on any atom is 0.262 e. The molecule has 1 aromatic heterocycles. The zero-order chi connectivity index (χ0) is 22.8. The molecule has 3 rings (SSSR count). The molecule has 0 saturated carbocycles. The third-order valence-electron chi connectivity index (χ3n) is 4.98. The number of carbonyl (C=O) groups excluding carboxylic acids is 1. The van der Waals surface area contributed by atoms with Crippen molar-refractivity contribution < 1.29 is 13.2 Å². The van der Waals surface area contributed by atoms with Gasteiger partial charge in [-0.3, -0.25) is 14.2 Å². The van der Waals surface area contributed by atoms with Crippen LogP contribution in [0.4, 0.5) is 11.4 Å². The maximum absolute atomic E-state index is 12.9. The lowest BCUT2D eigenvalue weighted by Gasteiger charge is -2.12. The Morgan fingerprint density at radius 3 is 2.42 bits per heavy atom. The number of carbonyl (C=O) groups is 1. The van der Waals surface area contributed by atoms with Crippen LogP contribution in [0.25, 0.3) is 6.08 Å². The van der Waals surface area contributed by atoms with E-state index in [0.717, 1.165) is 22.5 Å². The van der Waals surface area contributed by atoms with E-state index in [1.807, 2.05) is 33.9 Å². The fourth-order valence-corrected chi connectivity index (χ4v) is 4.58. The van der Waals surface area contributed by atoms with Gasteiger partial charge in [-0.25, -0.2) is 8.42 Å². The fourth-order valence-electron chi connectivity index (χ4n) is 3.26. The van der Waals surface area contributed by atoms with Crippen LogP contribution in [0.5, 0.6) is 0 Å². The van der Waals surface area contributed by atoms with Gasteiger partial charge in [-0.05, 0) is 69.2 Å². The van der Waals surface area contributed by atoms with E-state index in [1.165, 1.54) is 12.1 Å². The third-order valence-corrected chi connectivity index (χ3v) is 6.51. The number of anilines is 2. The molecule has 2 aromatic carbocycles. The Morgan fingerprint density at radius 1 is 1.03 bits per heavy atom. The Balaban J connectivity index is 1.80. The highest BCUT2D eigenvalue weighted by Gasteiger charge is 2.18. The van der Waals surface area contributed by atoms with E-state index < -0.39 is 10.0 Å². The van der Waals surface area contributed by atoms with Crippen LogP contribution in [0.2, 0.25) is 0 Å².